The van der Waals surface area contributed by atoms with E-state index in [9.17, 15) is 9.59 Å². The number of fused-ring (bicyclic) bond motifs is 1. The van der Waals surface area contributed by atoms with Crippen molar-refractivity contribution in [2.75, 3.05) is 0 Å². The average Bonchev–Trinajstić information content (AvgIpc) is 3.35. The lowest BCUT2D eigenvalue weighted by Crippen LogP contribution is -2.37. The maximum atomic E-state index is 13.5. The van der Waals surface area contributed by atoms with Crippen LogP contribution in [0.25, 0.3) is 10.9 Å². The van der Waals surface area contributed by atoms with Crippen LogP contribution in [0.4, 0.5) is 0 Å². The maximum Gasteiger partial charge on any atom is 0.258 e. The molecule has 0 aliphatic carbocycles. The van der Waals surface area contributed by atoms with Crippen LogP contribution in [0.3, 0.4) is 0 Å². The summed E-state index contributed by atoms with van der Waals surface area (Å²) in [6.07, 6.45) is 0. The van der Waals surface area contributed by atoms with Crippen LogP contribution in [0.15, 0.2) is 52.6 Å². The number of nitrogens with zero attached hydrogens (tertiary/aromatic N) is 3. The van der Waals surface area contributed by atoms with E-state index < -0.39 is 0 Å². The highest BCUT2D eigenvalue weighted by Crippen LogP contribution is 2.22. The summed E-state index contributed by atoms with van der Waals surface area (Å²) in [6.45, 7) is 8.96. The Morgan fingerprint density at radius 1 is 1.19 bits per heavy atom. The van der Waals surface area contributed by atoms with Gasteiger partial charge in [-0.3, -0.25) is 9.59 Å². The number of aromatic nitrogens is 3. The molecule has 0 saturated carbocycles. The van der Waals surface area contributed by atoms with E-state index in [0.29, 0.717) is 22.3 Å². The third kappa shape index (κ3) is 4.18. The predicted molar refractivity (Wildman–Crippen MR) is 125 cm³/mol. The third-order valence-electron chi connectivity index (χ3n) is 5.56. The standard InChI is InChI=1S/C24H26N4O2S/c1-15(2)27(14-22-25-21-10-6-5-9-19(21)23(29)26-22)24(30)20-12-16(3)28(17(20)4)13-18-8-7-11-31-18/h5-12,15H,13-14H2,1-4H3,(H,25,26,29). The number of hydrogen-bond donors (Lipinski definition) is 1. The normalized spacial score (nSPS) is 11.4. The van der Waals surface area contributed by atoms with Crippen LogP contribution in [0, 0.1) is 13.8 Å². The molecule has 160 valence electrons. The smallest absolute Gasteiger partial charge is 0.258 e. The third-order valence-corrected chi connectivity index (χ3v) is 6.43. The first-order valence-electron chi connectivity index (χ1n) is 10.3. The van der Waals surface area contributed by atoms with Gasteiger partial charge in [0, 0.05) is 22.3 Å². The van der Waals surface area contributed by atoms with Crippen molar-refractivity contribution in [1.82, 2.24) is 19.4 Å². The van der Waals surface area contributed by atoms with Crippen molar-refractivity contribution in [3.05, 3.63) is 85.9 Å². The summed E-state index contributed by atoms with van der Waals surface area (Å²) in [5.74, 6) is 0.425. The van der Waals surface area contributed by atoms with Gasteiger partial charge in [-0.1, -0.05) is 18.2 Å². The van der Waals surface area contributed by atoms with Crippen molar-refractivity contribution in [2.24, 2.45) is 0 Å². The van der Waals surface area contributed by atoms with E-state index in [2.05, 4.69) is 26.0 Å². The lowest BCUT2D eigenvalue weighted by atomic mass is 10.2. The highest BCUT2D eigenvalue weighted by molar-refractivity contribution is 7.09. The number of rotatable bonds is 6. The van der Waals surface area contributed by atoms with Gasteiger partial charge in [0.25, 0.3) is 11.5 Å². The molecule has 3 heterocycles. The Hall–Kier alpha value is -3.19. The molecule has 0 fully saturated rings. The molecular formula is C24H26N4O2S. The predicted octanol–water partition coefficient (Wildman–Crippen LogP) is 4.50. The van der Waals surface area contributed by atoms with Crippen LogP contribution in [0.1, 0.15) is 46.3 Å². The highest BCUT2D eigenvalue weighted by atomic mass is 32.1. The monoisotopic (exact) mass is 434 g/mol. The van der Waals surface area contributed by atoms with Gasteiger partial charge < -0.3 is 14.5 Å². The van der Waals surface area contributed by atoms with Crippen LogP contribution in [0.5, 0.6) is 0 Å². The molecule has 3 aromatic heterocycles. The molecule has 0 saturated heterocycles. The molecule has 0 aliphatic rings. The number of nitrogens with one attached hydrogen (secondary N) is 1. The fraction of sp³-hybridized carbons (Fsp3) is 0.292. The molecule has 0 atom stereocenters. The van der Waals surface area contributed by atoms with Gasteiger partial charge in [0.05, 0.1) is 29.6 Å². The summed E-state index contributed by atoms with van der Waals surface area (Å²) in [7, 11) is 0. The Labute approximate surface area is 185 Å². The number of para-hydroxylation sites is 1. The van der Waals surface area contributed by atoms with Gasteiger partial charge in [0.1, 0.15) is 5.82 Å². The first kappa shape index (κ1) is 21.1. The lowest BCUT2D eigenvalue weighted by molar-refractivity contribution is 0.0684. The first-order chi connectivity index (χ1) is 14.8. The molecule has 0 radical (unpaired) electrons. The summed E-state index contributed by atoms with van der Waals surface area (Å²) in [4.78, 5) is 36.4. The molecular weight excluding hydrogens is 408 g/mol. The summed E-state index contributed by atoms with van der Waals surface area (Å²) < 4.78 is 2.17. The van der Waals surface area contributed by atoms with Crippen LogP contribution in [0.2, 0.25) is 0 Å². The van der Waals surface area contributed by atoms with Gasteiger partial charge in [-0.15, -0.1) is 11.3 Å². The molecule has 1 N–H and O–H groups in total. The zero-order valence-electron chi connectivity index (χ0n) is 18.2. The zero-order valence-corrected chi connectivity index (χ0v) is 19.0. The minimum atomic E-state index is -0.189. The van der Waals surface area contributed by atoms with Crippen molar-refractivity contribution in [3.63, 3.8) is 0 Å². The van der Waals surface area contributed by atoms with E-state index in [1.807, 2.05) is 58.0 Å². The second kappa shape index (κ2) is 8.51. The minimum absolute atomic E-state index is 0.0513. The van der Waals surface area contributed by atoms with Gasteiger partial charge in [0.15, 0.2) is 0 Å². The van der Waals surface area contributed by atoms with Gasteiger partial charge in [-0.2, -0.15) is 0 Å². The van der Waals surface area contributed by atoms with Crippen LogP contribution in [-0.2, 0) is 13.1 Å². The Balaban J connectivity index is 1.65. The van der Waals surface area contributed by atoms with Crippen LogP contribution >= 0.6 is 11.3 Å². The number of amides is 1. The first-order valence-corrected chi connectivity index (χ1v) is 11.2. The fourth-order valence-corrected chi connectivity index (χ4v) is 4.53. The van der Waals surface area contributed by atoms with Crippen molar-refractivity contribution in [3.8, 4) is 0 Å². The van der Waals surface area contributed by atoms with Gasteiger partial charge in [-0.25, -0.2) is 4.98 Å². The van der Waals surface area contributed by atoms with E-state index >= 15 is 0 Å². The summed E-state index contributed by atoms with van der Waals surface area (Å²) in [5, 5.41) is 2.61. The van der Waals surface area contributed by atoms with Gasteiger partial charge >= 0.3 is 0 Å². The number of aromatic amines is 1. The molecule has 7 heteroatoms. The van der Waals surface area contributed by atoms with Gasteiger partial charge in [0.2, 0.25) is 0 Å². The number of aryl methyl sites for hydroxylation is 1. The van der Waals surface area contributed by atoms with Crippen molar-refractivity contribution in [1.29, 1.82) is 0 Å². The van der Waals surface area contributed by atoms with Crippen molar-refractivity contribution in [2.45, 2.75) is 46.8 Å². The average molecular weight is 435 g/mol. The molecule has 4 aromatic rings. The quantitative estimate of drug-likeness (QED) is 0.486. The topological polar surface area (TPSA) is 71.0 Å². The SMILES string of the molecule is Cc1cc(C(=O)N(Cc2nc3ccccc3c(=O)[nH]2)C(C)C)c(C)n1Cc1cccs1. The molecule has 0 aliphatic heterocycles. The Bertz CT molecular complexity index is 1280. The minimum Gasteiger partial charge on any atom is -0.343 e. The van der Waals surface area contributed by atoms with Gasteiger partial charge in [-0.05, 0) is 57.3 Å². The number of benzene rings is 1. The number of carbonyl (C=O) groups is 1. The molecule has 1 aromatic carbocycles. The molecule has 0 spiro atoms. The van der Waals surface area contributed by atoms with E-state index in [-0.39, 0.29) is 24.1 Å². The Morgan fingerprint density at radius 3 is 2.68 bits per heavy atom. The second-order valence-corrected chi connectivity index (χ2v) is 9.04. The maximum absolute atomic E-state index is 13.5. The van der Waals surface area contributed by atoms with E-state index in [4.69, 9.17) is 0 Å². The fourth-order valence-electron chi connectivity index (χ4n) is 3.83. The number of thiophene rings is 1. The lowest BCUT2D eigenvalue weighted by Gasteiger charge is -2.26. The van der Waals surface area contributed by atoms with Crippen molar-refractivity contribution < 1.29 is 4.79 Å². The molecule has 0 unspecified atom stereocenters. The van der Waals surface area contributed by atoms with Crippen LogP contribution < -0.4 is 5.56 Å². The molecule has 4 rings (SSSR count). The summed E-state index contributed by atoms with van der Waals surface area (Å²) in [6, 6.07) is 13.3. The van der Waals surface area contributed by atoms with Crippen LogP contribution in [-0.4, -0.2) is 31.4 Å². The van der Waals surface area contributed by atoms with E-state index in [1.54, 1.807) is 22.3 Å². The highest BCUT2D eigenvalue weighted by Gasteiger charge is 2.24. The van der Waals surface area contributed by atoms with E-state index in [1.165, 1.54) is 4.88 Å². The Kier molecular flexibility index (Phi) is 5.78. The summed E-state index contributed by atoms with van der Waals surface area (Å²) >= 11 is 1.71. The Morgan fingerprint density at radius 2 is 1.97 bits per heavy atom. The second-order valence-electron chi connectivity index (χ2n) is 8.01. The number of H-pyrrole nitrogens is 1. The van der Waals surface area contributed by atoms with E-state index in [0.717, 1.165) is 17.9 Å². The zero-order chi connectivity index (χ0) is 22.1. The number of hydrogen-bond acceptors (Lipinski definition) is 4. The van der Waals surface area contributed by atoms with Crippen molar-refractivity contribution >= 4 is 28.1 Å². The molecule has 6 nitrogen and oxygen atoms in total. The molecule has 31 heavy (non-hydrogen) atoms. The molecule has 1 amide bonds. The molecule has 0 bridgehead atoms. The number of carbonyl (C=O) groups excluding carboxylic acids is 1. The summed E-state index contributed by atoms with van der Waals surface area (Å²) in [5.41, 5.74) is 3.13. The largest absolute Gasteiger partial charge is 0.343 e.